The van der Waals surface area contributed by atoms with Gasteiger partial charge in [-0.25, -0.2) is 17.5 Å². The maximum atomic E-state index is 14.3. The number of hydrogen-bond acceptors (Lipinski definition) is 7. The third-order valence-electron chi connectivity index (χ3n) is 5.45. The van der Waals surface area contributed by atoms with Gasteiger partial charge in [0.1, 0.15) is 22.1 Å². The Labute approximate surface area is 190 Å². The standard InChI is InChI=1S/C21H23FN6O4S/c1-13-24-26-27-28(13)18-12-16(8-9-17(18)22)23-21(29)14-7-10-19(32-2)20(11-14)33(30,31)25-15-5-3-4-6-15/h7-12,15,25H,3-6H2,1-2H3,(H,23,29). The molecular weight excluding hydrogens is 451 g/mol. The van der Waals surface area contributed by atoms with E-state index in [0.717, 1.165) is 25.7 Å². The number of benzene rings is 2. The van der Waals surface area contributed by atoms with E-state index in [-0.39, 0.29) is 33.6 Å². The minimum Gasteiger partial charge on any atom is -0.495 e. The number of methoxy groups -OCH3 is 1. The van der Waals surface area contributed by atoms with Crippen LogP contribution < -0.4 is 14.8 Å². The van der Waals surface area contributed by atoms with E-state index in [0.29, 0.717) is 5.82 Å². The molecule has 1 aliphatic rings. The summed E-state index contributed by atoms with van der Waals surface area (Å²) in [6.07, 6.45) is 3.48. The first-order chi connectivity index (χ1) is 15.8. The maximum absolute atomic E-state index is 14.3. The Morgan fingerprint density at radius 1 is 1.18 bits per heavy atom. The first-order valence-electron chi connectivity index (χ1n) is 10.3. The molecule has 10 nitrogen and oxygen atoms in total. The summed E-state index contributed by atoms with van der Waals surface area (Å²) >= 11 is 0. The van der Waals surface area contributed by atoms with Gasteiger partial charge in [-0.1, -0.05) is 12.8 Å². The van der Waals surface area contributed by atoms with E-state index in [2.05, 4.69) is 25.6 Å². The van der Waals surface area contributed by atoms with Gasteiger partial charge in [0.05, 0.1) is 7.11 Å². The number of sulfonamides is 1. The average Bonchev–Trinajstić information content (AvgIpc) is 3.45. The normalized spacial score (nSPS) is 14.4. The van der Waals surface area contributed by atoms with Crippen molar-refractivity contribution in [2.24, 2.45) is 0 Å². The molecule has 1 saturated carbocycles. The molecule has 0 atom stereocenters. The number of carbonyl (C=O) groups is 1. The average molecular weight is 475 g/mol. The van der Waals surface area contributed by atoms with Gasteiger partial charge in [-0.15, -0.1) is 5.10 Å². The first kappa shape index (κ1) is 22.8. The van der Waals surface area contributed by atoms with E-state index in [9.17, 15) is 17.6 Å². The fraction of sp³-hybridized carbons (Fsp3) is 0.333. The summed E-state index contributed by atoms with van der Waals surface area (Å²) in [5.41, 5.74) is 0.455. The van der Waals surface area contributed by atoms with Crippen LogP contribution in [0.1, 0.15) is 41.9 Å². The van der Waals surface area contributed by atoms with E-state index < -0.39 is 21.7 Å². The third-order valence-corrected chi connectivity index (χ3v) is 6.99. The molecule has 0 aliphatic heterocycles. The number of aromatic nitrogens is 4. The lowest BCUT2D eigenvalue weighted by molar-refractivity contribution is 0.102. The molecule has 174 valence electrons. The highest BCUT2D eigenvalue weighted by atomic mass is 32.2. The molecule has 2 aromatic carbocycles. The number of anilines is 1. The fourth-order valence-electron chi connectivity index (χ4n) is 3.76. The van der Waals surface area contributed by atoms with Crippen molar-refractivity contribution in [2.45, 2.75) is 43.5 Å². The van der Waals surface area contributed by atoms with E-state index in [1.165, 1.54) is 48.2 Å². The van der Waals surface area contributed by atoms with Gasteiger partial charge in [-0.05, 0) is 66.6 Å². The van der Waals surface area contributed by atoms with Crippen LogP contribution in [0.3, 0.4) is 0 Å². The maximum Gasteiger partial charge on any atom is 0.255 e. The zero-order valence-corrected chi connectivity index (χ0v) is 18.9. The monoisotopic (exact) mass is 474 g/mol. The summed E-state index contributed by atoms with van der Waals surface area (Å²) in [6.45, 7) is 1.61. The van der Waals surface area contributed by atoms with E-state index >= 15 is 0 Å². The van der Waals surface area contributed by atoms with Crippen molar-refractivity contribution in [3.8, 4) is 11.4 Å². The van der Waals surface area contributed by atoms with Crippen molar-refractivity contribution in [3.05, 3.63) is 53.6 Å². The molecule has 0 unspecified atom stereocenters. The highest BCUT2D eigenvalue weighted by molar-refractivity contribution is 7.89. The molecule has 33 heavy (non-hydrogen) atoms. The van der Waals surface area contributed by atoms with Gasteiger partial charge in [0, 0.05) is 17.3 Å². The second kappa shape index (κ2) is 9.24. The van der Waals surface area contributed by atoms with Crippen LogP contribution in [0.25, 0.3) is 5.69 Å². The van der Waals surface area contributed by atoms with Crippen molar-refractivity contribution in [1.82, 2.24) is 24.9 Å². The van der Waals surface area contributed by atoms with Crippen LogP contribution in [0, 0.1) is 12.7 Å². The summed E-state index contributed by atoms with van der Waals surface area (Å²) in [5, 5.41) is 13.6. The number of tetrazole rings is 1. The number of hydrogen-bond donors (Lipinski definition) is 2. The van der Waals surface area contributed by atoms with E-state index in [4.69, 9.17) is 4.74 Å². The summed E-state index contributed by atoms with van der Waals surface area (Å²) in [5.74, 6) is -0.632. The highest BCUT2D eigenvalue weighted by Gasteiger charge is 2.26. The molecule has 2 N–H and O–H groups in total. The molecular formula is C21H23FN6O4S. The van der Waals surface area contributed by atoms with Gasteiger partial charge in [-0.2, -0.15) is 4.68 Å². The molecule has 1 amide bonds. The SMILES string of the molecule is COc1ccc(C(=O)Nc2ccc(F)c(-n3nnnc3C)c2)cc1S(=O)(=O)NC1CCCC1. The lowest BCUT2D eigenvalue weighted by atomic mass is 10.2. The minimum absolute atomic E-state index is 0.0639. The van der Waals surface area contributed by atoms with E-state index in [1.807, 2.05) is 0 Å². The Kier molecular flexibility index (Phi) is 6.38. The molecule has 1 fully saturated rings. The van der Waals surface area contributed by atoms with Crippen LogP contribution in [0.15, 0.2) is 41.3 Å². The number of nitrogens with one attached hydrogen (secondary N) is 2. The molecule has 1 aliphatic carbocycles. The molecule has 0 spiro atoms. The number of halogens is 1. The molecule has 0 saturated heterocycles. The van der Waals surface area contributed by atoms with Gasteiger partial charge in [-0.3, -0.25) is 4.79 Å². The second-order valence-corrected chi connectivity index (χ2v) is 9.41. The predicted molar refractivity (Wildman–Crippen MR) is 117 cm³/mol. The molecule has 0 bridgehead atoms. The quantitative estimate of drug-likeness (QED) is 0.539. The highest BCUT2D eigenvalue weighted by Crippen LogP contribution is 2.28. The van der Waals surface area contributed by atoms with Crippen LogP contribution in [0.5, 0.6) is 5.75 Å². The van der Waals surface area contributed by atoms with E-state index in [1.54, 1.807) is 6.92 Å². The Morgan fingerprint density at radius 3 is 2.61 bits per heavy atom. The van der Waals surface area contributed by atoms with Crippen LogP contribution in [0.4, 0.5) is 10.1 Å². The lowest BCUT2D eigenvalue weighted by Gasteiger charge is -2.16. The summed E-state index contributed by atoms with van der Waals surface area (Å²) < 4.78 is 49.3. The zero-order valence-electron chi connectivity index (χ0n) is 18.1. The molecule has 4 rings (SSSR count). The third kappa shape index (κ3) is 4.86. The fourth-order valence-corrected chi connectivity index (χ4v) is 5.26. The molecule has 1 aromatic heterocycles. The second-order valence-electron chi connectivity index (χ2n) is 7.73. The number of ether oxygens (including phenoxy) is 1. The topological polar surface area (TPSA) is 128 Å². The number of rotatable bonds is 7. The molecule has 0 radical (unpaired) electrons. The van der Waals surface area contributed by atoms with Crippen LogP contribution in [0.2, 0.25) is 0 Å². The predicted octanol–water partition coefficient (Wildman–Crippen LogP) is 2.59. The number of nitrogens with zero attached hydrogens (tertiary/aromatic N) is 4. The van der Waals surface area contributed by atoms with Crippen LogP contribution in [-0.2, 0) is 10.0 Å². The van der Waals surface area contributed by atoms with Gasteiger partial charge in [0.2, 0.25) is 10.0 Å². The Hall–Kier alpha value is -3.38. The van der Waals surface area contributed by atoms with Gasteiger partial charge in [0.25, 0.3) is 5.91 Å². The van der Waals surface area contributed by atoms with Crippen molar-refractivity contribution >= 4 is 21.6 Å². The zero-order chi connectivity index (χ0) is 23.6. The largest absolute Gasteiger partial charge is 0.495 e. The van der Waals surface area contributed by atoms with Crippen molar-refractivity contribution < 1.29 is 22.3 Å². The van der Waals surface area contributed by atoms with Crippen molar-refractivity contribution in [1.29, 1.82) is 0 Å². The summed E-state index contributed by atoms with van der Waals surface area (Å²) in [4.78, 5) is 12.8. The van der Waals surface area contributed by atoms with Gasteiger partial charge in [0.15, 0.2) is 5.82 Å². The van der Waals surface area contributed by atoms with Crippen molar-refractivity contribution in [3.63, 3.8) is 0 Å². The number of amides is 1. The van der Waals surface area contributed by atoms with Crippen LogP contribution in [-0.4, -0.2) is 47.7 Å². The Balaban J connectivity index is 1.60. The molecule has 3 aromatic rings. The van der Waals surface area contributed by atoms with Crippen LogP contribution >= 0.6 is 0 Å². The molecule has 12 heteroatoms. The number of carbonyl (C=O) groups excluding carboxylic acids is 1. The summed E-state index contributed by atoms with van der Waals surface area (Å²) in [6, 6.07) is 7.98. The van der Waals surface area contributed by atoms with Gasteiger partial charge >= 0.3 is 0 Å². The number of aryl methyl sites for hydroxylation is 1. The Morgan fingerprint density at radius 2 is 1.94 bits per heavy atom. The van der Waals surface area contributed by atoms with Crippen molar-refractivity contribution in [2.75, 3.05) is 12.4 Å². The van der Waals surface area contributed by atoms with Gasteiger partial charge < -0.3 is 10.1 Å². The molecule has 1 heterocycles. The smallest absolute Gasteiger partial charge is 0.255 e. The minimum atomic E-state index is -3.89. The lowest BCUT2D eigenvalue weighted by Crippen LogP contribution is -2.33. The summed E-state index contributed by atoms with van der Waals surface area (Å²) in [7, 11) is -2.53. The Bertz CT molecular complexity index is 1290. The first-order valence-corrected chi connectivity index (χ1v) is 11.8.